The van der Waals surface area contributed by atoms with Gasteiger partial charge in [0, 0.05) is 12.7 Å². The molecule has 4 aromatic rings. The summed E-state index contributed by atoms with van der Waals surface area (Å²) in [4.78, 5) is 21.3. The van der Waals surface area contributed by atoms with E-state index in [1.54, 1.807) is 13.1 Å². The normalized spacial score (nSPS) is 10.8. The lowest BCUT2D eigenvalue weighted by atomic mass is 9.99. The van der Waals surface area contributed by atoms with Gasteiger partial charge in [-0.15, -0.1) is 0 Å². The molecule has 7 heteroatoms. The van der Waals surface area contributed by atoms with Gasteiger partial charge in [-0.3, -0.25) is 0 Å². The number of hydrogen-bond acceptors (Lipinski definition) is 6. The Labute approximate surface area is 186 Å². The fourth-order valence-electron chi connectivity index (χ4n) is 3.87. The third-order valence-corrected chi connectivity index (χ3v) is 5.33. The molecule has 7 nitrogen and oxygen atoms in total. The minimum atomic E-state index is -0.463. The van der Waals surface area contributed by atoms with Gasteiger partial charge in [0.05, 0.1) is 17.8 Å². The van der Waals surface area contributed by atoms with Crippen molar-refractivity contribution in [3.05, 3.63) is 78.1 Å². The van der Waals surface area contributed by atoms with Gasteiger partial charge in [-0.25, -0.2) is 9.78 Å². The van der Waals surface area contributed by atoms with Gasteiger partial charge in [-0.1, -0.05) is 54.6 Å². The lowest BCUT2D eigenvalue weighted by Gasteiger charge is -2.13. The van der Waals surface area contributed by atoms with Crippen LogP contribution in [0.15, 0.2) is 66.9 Å². The van der Waals surface area contributed by atoms with Gasteiger partial charge in [-0.05, 0) is 36.6 Å². The Balaban J connectivity index is 1.76. The molecular weight excluding hydrogens is 406 g/mol. The Hall–Kier alpha value is -3.84. The van der Waals surface area contributed by atoms with E-state index in [0.29, 0.717) is 17.7 Å². The van der Waals surface area contributed by atoms with Crippen molar-refractivity contribution in [3.8, 4) is 22.8 Å². The van der Waals surface area contributed by atoms with Crippen molar-refractivity contribution in [3.63, 3.8) is 0 Å². The molecule has 0 aliphatic rings. The zero-order valence-corrected chi connectivity index (χ0v) is 18.1. The first kappa shape index (κ1) is 21.4. The number of esters is 1. The number of carbonyl (C=O) groups excluding carboxylic acids is 1. The summed E-state index contributed by atoms with van der Waals surface area (Å²) < 4.78 is 12.7. The van der Waals surface area contributed by atoms with E-state index in [4.69, 9.17) is 20.2 Å². The maximum atomic E-state index is 11.8. The molecule has 0 aliphatic heterocycles. The fourth-order valence-corrected chi connectivity index (χ4v) is 3.87. The molecule has 0 saturated heterocycles. The Morgan fingerprint density at radius 2 is 1.81 bits per heavy atom. The van der Waals surface area contributed by atoms with E-state index < -0.39 is 5.97 Å². The highest BCUT2D eigenvalue weighted by Crippen LogP contribution is 2.38. The quantitative estimate of drug-likeness (QED) is 0.331. The molecule has 4 rings (SSSR count). The second-order valence-electron chi connectivity index (χ2n) is 7.25. The van der Waals surface area contributed by atoms with E-state index in [0.717, 1.165) is 27.9 Å². The van der Waals surface area contributed by atoms with Crippen molar-refractivity contribution >= 4 is 16.9 Å². The lowest BCUT2D eigenvalue weighted by molar-refractivity contribution is -0.145. The van der Waals surface area contributed by atoms with E-state index >= 15 is 0 Å². The minimum absolute atomic E-state index is 0.245. The summed E-state index contributed by atoms with van der Waals surface area (Å²) in [5.74, 6) is 5.90. The Bertz CT molecular complexity index is 1230. The van der Waals surface area contributed by atoms with Gasteiger partial charge in [0.1, 0.15) is 5.39 Å². The van der Waals surface area contributed by atoms with Gasteiger partial charge in [0.15, 0.2) is 12.4 Å². The zero-order valence-electron chi connectivity index (χ0n) is 18.1. The molecule has 0 radical (unpaired) electrons. The van der Waals surface area contributed by atoms with Crippen LogP contribution >= 0.6 is 0 Å². The molecule has 32 heavy (non-hydrogen) atoms. The molecule has 0 saturated carbocycles. The van der Waals surface area contributed by atoms with Crippen LogP contribution in [0.3, 0.4) is 0 Å². The molecular formula is C25H25N3O4. The van der Waals surface area contributed by atoms with Crippen LogP contribution < -0.4 is 15.5 Å². The first-order valence-electron chi connectivity index (χ1n) is 10.4. The van der Waals surface area contributed by atoms with Crippen molar-refractivity contribution in [2.75, 3.05) is 13.2 Å². The average molecular weight is 431 g/mol. The monoisotopic (exact) mass is 431 g/mol. The van der Waals surface area contributed by atoms with Crippen molar-refractivity contribution in [2.24, 2.45) is 5.90 Å². The molecule has 0 bridgehead atoms. The van der Waals surface area contributed by atoms with Crippen molar-refractivity contribution in [1.82, 2.24) is 9.55 Å². The molecule has 2 N–H and O–H groups in total. The molecule has 0 fully saturated rings. The smallest absolute Gasteiger partial charge is 0.344 e. The summed E-state index contributed by atoms with van der Waals surface area (Å²) in [7, 11) is 0. The number of ether oxygens (including phenoxy) is 2. The van der Waals surface area contributed by atoms with Crippen LogP contribution in [0, 0.1) is 6.92 Å². The second kappa shape index (κ2) is 9.53. The predicted molar refractivity (Wildman–Crippen MR) is 122 cm³/mol. The number of pyridine rings is 1. The summed E-state index contributed by atoms with van der Waals surface area (Å²) in [6.07, 6.45) is 1.64. The Morgan fingerprint density at radius 3 is 2.56 bits per heavy atom. The van der Waals surface area contributed by atoms with E-state index in [1.807, 2.05) is 43.3 Å². The number of aromatic nitrogens is 2. The van der Waals surface area contributed by atoms with Gasteiger partial charge in [0.25, 0.3) is 0 Å². The molecule has 0 unspecified atom stereocenters. The SMILES string of the molecule is CCOC(=O)COc1nccc2c1c(ON)c(C)n2Cc1ccccc1-c1ccccc1. The number of nitrogens with zero attached hydrogens (tertiary/aromatic N) is 2. The third-order valence-electron chi connectivity index (χ3n) is 5.33. The van der Waals surface area contributed by atoms with Gasteiger partial charge in [-0.2, -0.15) is 5.90 Å². The highest BCUT2D eigenvalue weighted by atomic mass is 16.6. The minimum Gasteiger partial charge on any atom is -0.465 e. The molecule has 2 aromatic heterocycles. The van der Waals surface area contributed by atoms with Crippen LogP contribution in [0.5, 0.6) is 11.6 Å². The summed E-state index contributed by atoms with van der Waals surface area (Å²) in [5.41, 5.74) is 5.12. The number of carbonyl (C=O) groups is 1. The standard InChI is InChI=1S/C25H25N3O4/c1-3-30-22(29)16-31-25-23-21(13-14-27-25)28(17(2)24(23)32-26)15-19-11-7-8-12-20(19)18-9-5-4-6-10-18/h4-14H,3,15-16,26H2,1-2H3. The average Bonchev–Trinajstić information content (AvgIpc) is 3.10. The topological polar surface area (TPSA) is 88.6 Å². The fraction of sp³-hybridized carbons (Fsp3) is 0.200. The summed E-state index contributed by atoms with van der Waals surface area (Å²) in [6, 6.07) is 20.4. The van der Waals surface area contributed by atoms with Crippen LogP contribution in [0.2, 0.25) is 0 Å². The molecule has 2 aromatic carbocycles. The van der Waals surface area contributed by atoms with E-state index in [9.17, 15) is 4.79 Å². The number of benzene rings is 2. The van der Waals surface area contributed by atoms with Gasteiger partial charge < -0.3 is 18.9 Å². The van der Waals surface area contributed by atoms with Crippen molar-refractivity contribution in [2.45, 2.75) is 20.4 Å². The Morgan fingerprint density at radius 1 is 1.06 bits per heavy atom. The van der Waals surface area contributed by atoms with Crippen molar-refractivity contribution < 1.29 is 19.1 Å². The Kier molecular flexibility index (Phi) is 6.37. The van der Waals surface area contributed by atoms with Crippen LogP contribution in [-0.2, 0) is 16.1 Å². The van der Waals surface area contributed by atoms with Gasteiger partial charge in [0.2, 0.25) is 5.88 Å². The van der Waals surface area contributed by atoms with Crippen LogP contribution in [0.4, 0.5) is 0 Å². The summed E-state index contributed by atoms with van der Waals surface area (Å²) in [6.45, 7) is 4.31. The van der Waals surface area contributed by atoms with E-state index in [2.05, 4.69) is 33.8 Å². The molecule has 0 aliphatic carbocycles. The zero-order chi connectivity index (χ0) is 22.5. The largest absolute Gasteiger partial charge is 0.465 e. The number of rotatable bonds is 8. The van der Waals surface area contributed by atoms with Crippen LogP contribution in [0.1, 0.15) is 18.2 Å². The number of fused-ring (bicyclic) bond motifs is 1. The molecule has 0 atom stereocenters. The summed E-state index contributed by atoms with van der Waals surface area (Å²) in [5, 5.41) is 0.619. The number of hydrogen-bond donors (Lipinski definition) is 1. The van der Waals surface area contributed by atoms with E-state index in [-0.39, 0.29) is 19.1 Å². The maximum Gasteiger partial charge on any atom is 0.344 e. The second-order valence-corrected chi connectivity index (χ2v) is 7.25. The number of nitrogens with two attached hydrogens (primary N) is 1. The maximum absolute atomic E-state index is 11.8. The van der Waals surface area contributed by atoms with Crippen LogP contribution in [-0.4, -0.2) is 28.7 Å². The van der Waals surface area contributed by atoms with Crippen molar-refractivity contribution in [1.29, 1.82) is 0 Å². The van der Waals surface area contributed by atoms with Gasteiger partial charge >= 0.3 is 5.97 Å². The lowest BCUT2D eigenvalue weighted by Crippen LogP contribution is -2.15. The first-order valence-corrected chi connectivity index (χ1v) is 10.4. The highest BCUT2D eigenvalue weighted by molar-refractivity contribution is 5.93. The molecule has 164 valence electrons. The van der Waals surface area contributed by atoms with Crippen LogP contribution in [0.25, 0.3) is 22.0 Å². The molecule has 0 amide bonds. The van der Waals surface area contributed by atoms with E-state index in [1.165, 1.54) is 0 Å². The summed E-state index contributed by atoms with van der Waals surface area (Å²) >= 11 is 0. The molecule has 0 spiro atoms. The predicted octanol–water partition coefficient (Wildman–Crippen LogP) is 4.25. The first-order chi connectivity index (χ1) is 15.6. The third kappa shape index (κ3) is 4.15. The highest BCUT2D eigenvalue weighted by Gasteiger charge is 2.21. The molecule has 2 heterocycles.